The molecule has 0 unspecified atom stereocenters. The lowest BCUT2D eigenvalue weighted by Crippen LogP contribution is -2.47. The maximum atomic E-state index is 12.7. The van der Waals surface area contributed by atoms with Gasteiger partial charge in [-0.25, -0.2) is 9.97 Å². The summed E-state index contributed by atoms with van der Waals surface area (Å²) in [7, 11) is 1.62. The molecule has 0 spiro atoms. The van der Waals surface area contributed by atoms with E-state index in [2.05, 4.69) is 30.9 Å². The minimum atomic E-state index is -0.0327. The van der Waals surface area contributed by atoms with E-state index in [-0.39, 0.29) is 5.56 Å². The normalized spacial score (nSPS) is 14.6. The first kappa shape index (κ1) is 19.5. The van der Waals surface area contributed by atoms with E-state index in [1.165, 1.54) is 0 Å². The molecule has 0 radical (unpaired) electrons. The molecule has 0 N–H and O–H groups in total. The second-order valence-electron chi connectivity index (χ2n) is 7.77. The van der Waals surface area contributed by atoms with Crippen molar-refractivity contribution in [1.82, 2.24) is 24.1 Å². The van der Waals surface area contributed by atoms with Gasteiger partial charge in [-0.3, -0.25) is 9.36 Å². The van der Waals surface area contributed by atoms with Crippen molar-refractivity contribution in [2.75, 3.05) is 49.7 Å². The molecule has 1 saturated heterocycles. The first-order chi connectivity index (χ1) is 15.1. The number of hydrogen-bond donors (Lipinski definition) is 0. The van der Waals surface area contributed by atoms with Gasteiger partial charge in [0.25, 0.3) is 5.56 Å². The highest BCUT2D eigenvalue weighted by Crippen LogP contribution is 2.23. The molecular formula is C22H25N7O2. The molecule has 1 aliphatic rings. The number of piperazine rings is 1. The Bertz CT molecular complexity index is 1290. The molecular weight excluding hydrogens is 394 g/mol. The second-order valence-corrected chi connectivity index (χ2v) is 7.77. The van der Waals surface area contributed by atoms with Crippen LogP contribution in [-0.2, 0) is 11.3 Å². The van der Waals surface area contributed by atoms with Crippen molar-refractivity contribution in [2.24, 2.45) is 0 Å². The largest absolute Gasteiger partial charge is 0.383 e. The van der Waals surface area contributed by atoms with Gasteiger partial charge in [-0.05, 0) is 25.1 Å². The number of benzene rings is 1. The first-order valence-electron chi connectivity index (χ1n) is 10.4. The fourth-order valence-electron chi connectivity index (χ4n) is 4.13. The highest BCUT2D eigenvalue weighted by atomic mass is 16.5. The third-order valence-corrected chi connectivity index (χ3v) is 5.78. The Morgan fingerprint density at radius 1 is 1.06 bits per heavy atom. The van der Waals surface area contributed by atoms with Crippen molar-refractivity contribution in [2.45, 2.75) is 13.5 Å². The summed E-state index contributed by atoms with van der Waals surface area (Å²) < 4.78 is 8.56. The zero-order valence-electron chi connectivity index (χ0n) is 17.7. The van der Waals surface area contributed by atoms with Crippen LogP contribution in [-0.4, -0.2) is 64.0 Å². The lowest BCUT2D eigenvalue weighted by molar-refractivity contribution is 0.186. The maximum Gasteiger partial charge on any atom is 0.261 e. The average Bonchev–Trinajstić information content (AvgIpc) is 3.26. The van der Waals surface area contributed by atoms with Crippen LogP contribution in [0.3, 0.4) is 0 Å². The van der Waals surface area contributed by atoms with E-state index in [0.29, 0.717) is 18.5 Å². The molecule has 5 rings (SSSR count). The molecule has 31 heavy (non-hydrogen) atoms. The zero-order chi connectivity index (χ0) is 21.4. The Hall–Kier alpha value is -3.46. The number of hydrogen-bond acceptors (Lipinski definition) is 7. The van der Waals surface area contributed by atoms with Gasteiger partial charge < -0.3 is 14.5 Å². The van der Waals surface area contributed by atoms with Crippen molar-refractivity contribution in [3.8, 4) is 0 Å². The molecule has 1 fully saturated rings. The van der Waals surface area contributed by atoms with E-state index >= 15 is 0 Å². The van der Waals surface area contributed by atoms with Gasteiger partial charge in [-0.15, -0.1) is 0 Å². The quantitative estimate of drug-likeness (QED) is 0.487. The van der Waals surface area contributed by atoms with Gasteiger partial charge in [0.05, 0.1) is 36.6 Å². The van der Waals surface area contributed by atoms with E-state index in [1.54, 1.807) is 24.2 Å². The molecule has 160 valence electrons. The molecule has 9 nitrogen and oxygen atoms in total. The third-order valence-electron chi connectivity index (χ3n) is 5.78. The monoisotopic (exact) mass is 419 g/mol. The summed E-state index contributed by atoms with van der Waals surface area (Å²) in [5.41, 5.74) is 3.64. The van der Waals surface area contributed by atoms with Gasteiger partial charge >= 0.3 is 0 Å². The summed E-state index contributed by atoms with van der Waals surface area (Å²) in [5, 5.41) is 5.07. The number of rotatable bonds is 5. The number of fused-ring (bicyclic) bond motifs is 2. The molecule has 4 aromatic rings. The fourth-order valence-corrected chi connectivity index (χ4v) is 4.13. The number of anilines is 2. The highest BCUT2D eigenvalue weighted by Gasteiger charge is 2.21. The minimum Gasteiger partial charge on any atom is -0.383 e. The second kappa shape index (κ2) is 7.99. The molecule has 1 aliphatic heterocycles. The van der Waals surface area contributed by atoms with Gasteiger partial charge in [0.15, 0.2) is 5.65 Å². The van der Waals surface area contributed by atoms with Crippen molar-refractivity contribution < 1.29 is 4.74 Å². The Kier molecular flexibility index (Phi) is 5.03. The summed E-state index contributed by atoms with van der Waals surface area (Å²) in [4.78, 5) is 26.4. The SMILES string of the molecule is COCCn1cnc2cc(N3CCN(c4cc(C)nc5ccnn45)CC3)ccc2c1=O. The lowest BCUT2D eigenvalue weighted by atomic mass is 10.2. The minimum absolute atomic E-state index is 0.0327. The van der Waals surface area contributed by atoms with Gasteiger partial charge in [0.2, 0.25) is 0 Å². The van der Waals surface area contributed by atoms with Crippen LogP contribution in [0.4, 0.5) is 11.5 Å². The molecule has 0 atom stereocenters. The third kappa shape index (κ3) is 3.61. The summed E-state index contributed by atoms with van der Waals surface area (Å²) in [6.07, 6.45) is 3.39. The average molecular weight is 419 g/mol. The van der Waals surface area contributed by atoms with Crippen LogP contribution in [0.25, 0.3) is 16.6 Å². The van der Waals surface area contributed by atoms with Crippen LogP contribution in [0.1, 0.15) is 5.69 Å². The van der Waals surface area contributed by atoms with E-state index in [0.717, 1.165) is 54.5 Å². The van der Waals surface area contributed by atoms with Crippen LogP contribution in [0.2, 0.25) is 0 Å². The number of ether oxygens (including phenoxy) is 1. The predicted octanol–water partition coefficient (Wildman–Crippen LogP) is 1.72. The van der Waals surface area contributed by atoms with Crippen LogP contribution in [0, 0.1) is 6.92 Å². The van der Waals surface area contributed by atoms with E-state index in [9.17, 15) is 4.79 Å². The first-order valence-corrected chi connectivity index (χ1v) is 10.4. The topological polar surface area (TPSA) is 80.8 Å². The number of methoxy groups -OCH3 is 1. The van der Waals surface area contributed by atoms with Crippen LogP contribution < -0.4 is 15.4 Å². The van der Waals surface area contributed by atoms with Crippen molar-refractivity contribution in [3.05, 3.63) is 58.9 Å². The van der Waals surface area contributed by atoms with Crippen molar-refractivity contribution in [1.29, 1.82) is 0 Å². The Morgan fingerprint density at radius 3 is 2.68 bits per heavy atom. The summed E-state index contributed by atoms with van der Waals surface area (Å²) in [6.45, 7) is 6.50. The van der Waals surface area contributed by atoms with Crippen LogP contribution >= 0.6 is 0 Å². The zero-order valence-corrected chi connectivity index (χ0v) is 17.7. The molecule has 0 aliphatic carbocycles. The molecule has 0 bridgehead atoms. The molecule has 1 aromatic carbocycles. The molecule has 4 heterocycles. The summed E-state index contributed by atoms with van der Waals surface area (Å²) >= 11 is 0. The number of aryl methyl sites for hydroxylation is 1. The predicted molar refractivity (Wildman–Crippen MR) is 120 cm³/mol. The molecule has 0 saturated carbocycles. The van der Waals surface area contributed by atoms with Gasteiger partial charge in [-0.1, -0.05) is 0 Å². The van der Waals surface area contributed by atoms with Gasteiger partial charge in [-0.2, -0.15) is 9.61 Å². The summed E-state index contributed by atoms with van der Waals surface area (Å²) in [5.74, 6) is 1.07. The maximum absolute atomic E-state index is 12.7. The van der Waals surface area contributed by atoms with Crippen molar-refractivity contribution >= 4 is 28.1 Å². The van der Waals surface area contributed by atoms with Crippen LogP contribution in [0.5, 0.6) is 0 Å². The van der Waals surface area contributed by atoms with E-state index < -0.39 is 0 Å². The summed E-state index contributed by atoms with van der Waals surface area (Å²) in [6, 6.07) is 9.93. The fraction of sp³-hybridized carbons (Fsp3) is 0.364. The van der Waals surface area contributed by atoms with Gasteiger partial charge in [0.1, 0.15) is 5.82 Å². The lowest BCUT2D eigenvalue weighted by Gasteiger charge is -2.37. The van der Waals surface area contributed by atoms with Crippen LogP contribution in [0.15, 0.2) is 47.7 Å². The number of nitrogens with zero attached hydrogens (tertiary/aromatic N) is 7. The standard InChI is InChI=1S/C22H25N7O2/c1-16-13-21(29-20(25-16)5-6-24-29)27-9-7-26(8-10-27)17-3-4-18-19(14-17)23-15-28(22(18)30)11-12-31-2/h3-6,13-15H,7-12H2,1-2H3. The smallest absolute Gasteiger partial charge is 0.261 e. The highest BCUT2D eigenvalue weighted by molar-refractivity contribution is 5.81. The molecule has 3 aromatic heterocycles. The van der Waals surface area contributed by atoms with Crippen molar-refractivity contribution in [3.63, 3.8) is 0 Å². The Labute approximate surface area is 179 Å². The molecule has 9 heteroatoms. The van der Waals surface area contributed by atoms with Gasteiger partial charge in [0, 0.05) is 56.8 Å². The number of aromatic nitrogens is 5. The van der Waals surface area contributed by atoms with E-state index in [4.69, 9.17) is 4.74 Å². The Morgan fingerprint density at radius 2 is 1.87 bits per heavy atom. The molecule has 0 amide bonds. The van der Waals surface area contributed by atoms with E-state index in [1.807, 2.05) is 35.7 Å². The Balaban J connectivity index is 1.35.